The van der Waals surface area contributed by atoms with Crippen LogP contribution in [0.25, 0.3) is 43.8 Å². The fourth-order valence-electron chi connectivity index (χ4n) is 6.52. The van der Waals surface area contributed by atoms with Gasteiger partial charge in [-0.25, -0.2) is 0 Å². The molecule has 0 aliphatic heterocycles. The Kier molecular flexibility index (Phi) is 8.84. The van der Waals surface area contributed by atoms with Gasteiger partial charge in [-0.2, -0.15) is 0 Å². The van der Waals surface area contributed by atoms with Crippen molar-refractivity contribution < 1.29 is 0 Å². The molecule has 0 saturated carbocycles. The van der Waals surface area contributed by atoms with E-state index < -0.39 is 0 Å². The van der Waals surface area contributed by atoms with Crippen LogP contribution < -0.4 is 0 Å². The highest BCUT2D eigenvalue weighted by Crippen LogP contribution is 2.46. The third-order valence-electron chi connectivity index (χ3n) is 8.73. The van der Waals surface area contributed by atoms with Crippen molar-refractivity contribution in [3.63, 3.8) is 0 Å². The molecule has 0 unspecified atom stereocenters. The molecule has 0 radical (unpaired) electrons. The number of rotatable bonds is 8. The summed E-state index contributed by atoms with van der Waals surface area (Å²) in [6, 6.07) is 52.7. The first-order valence-corrected chi connectivity index (χ1v) is 16.2. The molecular weight excluding hydrogens is 565 g/mol. The second-order valence-electron chi connectivity index (χ2n) is 11.7. The topological polar surface area (TPSA) is 0 Å². The SMILES string of the molecule is C=C/C=C/C=C\C(=C(\C(=C1/CC=CC=C1c1ccccc1)c1ccc2ccccc2c1)c1ccc2ccccc2c1)c1ccccc1. The van der Waals surface area contributed by atoms with Crippen molar-refractivity contribution in [2.45, 2.75) is 6.42 Å². The van der Waals surface area contributed by atoms with Crippen LogP contribution in [-0.4, -0.2) is 0 Å². The van der Waals surface area contributed by atoms with Gasteiger partial charge < -0.3 is 0 Å². The monoisotopic (exact) mass is 600 g/mol. The fraction of sp³-hybridized carbons (Fsp3) is 0.0213. The lowest BCUT2D eigenvalue weighted by Gasteiger charge is -2.25. The van der Waals surface area contributed by atoms with Crippen LogP contribution in [0.3, 0.4) is 0 Å². The van der Waals surface area contributed by atoms with Crippen molar-refractivity contribution in [3.8, 4) is 0 Å². The second-order valence-corrected chi connectivity index (χ2v) is 11.7. The van der Waals surface area contributed by atoms with E-state index >= 15 is 0 Å². The first-order valence-electron chi connectivity index (χ1n) is 16.2. The van der Waals surface area contributed by atoms with Gasteiger partial charge >= 0.3 is 0 Å². The zero-order valence-corrected chi connectivity index (χ0v) is 26.4. The second kappa shape index (κ2) is 14.0. The Balaban J connectivity index is 1.64. The smallest absolute Gasteiger partial charge is 0.00235 e. The lowest BCUT2D eigenvalue weighted by Crippen LogP contribution is -2.03. The van der Waals surface area contributed by atoms with E-state index in [4.69, 9.17) is 0 Å². The molecule has 0 N–H and O–H groups in total. The molecule has 0 nitrogen and oxygen atoms in total. The molecule has 1 aliphatic carbocycles. The van der Waals surface area contributed by atoms with Gasteiger partial charge in [0.05, 0.1) is 0 Å². The zero-order chi connectivity index (χ0) is 31.8. The molecule has 224 valence electrons. The molecule has 0 saturated heterocycles. The normalized spacial score (nSPS) is 14.9. The summed E-state index contributed by atoms with van der Waals surface area (Å²) >= 11 is 0. The van der Waals surface area contributed by atoms with E-state index in [2.05, 4.69) is 189 Å². The average Bonchev–Trinajstić information content (AvgIpc) is 3.14. The van der Waals surface area contributed by atoms with Crippen molar-refractivity contribution in [2.75, 3.05) is 0 Å². The molecular formula is C47H36. The minimum absolute atomic E-state index is 0.822. The van der Waals surface area contributed by atoms with Gasteiger partial charge in [-0.1, -0.05) is 189 Å². The Morgan fingerprint density at radius 3 is 1.81 bits per heavy atom. The minimum Gasteiger partial charge on any atom is -0.0991 e. The van der Waals surface area contributed by atoms with Crippen LogP contribution in [0.4, 0.5) is 0 Å². The van der Waals surface area contributed by atoms with Crippen LogP contribution in [0, 0.1) is 0 Å². The largest absolute Gasteiger partial charge is 0.0991 e. The average molecular weight is 601 g/mol. The maximum absolute atomic E-state index is 3.89. The summed E-state index contributed by atoms with van der Waals surface area (Å²) in [5.41, 5.74) is 10.9. The van der Waals surface area contributed by atoms with Crippen molar-refractivity contribution in [2.24, 2.45) is 0 Å². The quantitative estimate of drug-likeness (QED) is 0.120. The molecule has 0 heterocycles. The molecule has 6 aromatic rings. The third-order valence-corrected chi connectivity index (χ3v) is 8.73. The van der Waals surface area contributed by atoms with E-state index in [9.17, 15) is 0 Å². The molecule has 0 spiro atoms. The Labute approximate surface area is 278 Å². The highest BCUT2D eigenvalue weighted by atomic mass is 14.3. The van der Waals surface area contributed by atoms with Gasteiger partial charge in [0.15, 0.2) is 0 Å². The van der Waals surface area contributed by atoms with Crippen molar-refractivity contribution in [1.29, 1.82) is 0 Å². The first-order chi connectivity index (χ1) is 23.3. The summed E-state index contributed by atoms with van der Waals surface area (Å²) in [5.74, 6) is 0. The summed E-state index contributed by atoms with van der Waals surface area (Å²) in [4.78, 5) is 0. The van der Waals surface area contributed by atoms with Gasteiger partial charge in [0.25, 0.3) is 0 Å². The predicted molar refractivity (Wildman–Crippen MR) is 205 cm³/mol. The minimum atomic E-state index is 0.822. The molecule has 1 aliphatic rings. The lowest BCUT2D eigenvalue weighted by molar-refractivity contribution is 1.27. The number of hydrogen-bond donors (Lipinski definition) is 0. The lowest BCUT2D eigenvalue weighted by atomic mass is 9.78. The molecule has 0 aromatic heterocycles. The summed E-state index contributed by atoms with van der Waals surface area (Å²) in [6.45, 7) is 3.89. The van der Waals surface area contributed by atoms with Gasteiger partial charge in [-0.15, -0.1) is 0 Å². The highest BCUT2D eigenvalue weighted by molar-refractivity contribution is 6.21. The summed E-state index contributed by atoms with van der Waals surface area (Å²) in [5, 5.41) is 4.91. The molecule has 0 heteroatoms. The van der Waals surface area contributed by atoms with E-state index in [0.29, 0.717) is 0 Å². The fourth-order valence-corrected chi connectivity index (χ4v) is 6.52. The summed E-state index contributed by atoms with van der Waals surface area (Å²) in [6.07, 6.45) is 17.8. The molecule has 6 aromatic carbocycles. The Hall–Kier alpha value is -5.98. The zero-order valence-electron chi connectivity index (χ0n) is 26.4. The van der Waals surface area contributed by atoms with Crippen LogP contribution >= 0.6 is 0 Å². The standard InChI is InChI=1S/C47H36/c1-2-3-4-11-27-44(38-22-9-6-10-23-38)46(41-31-29-35-18-12-14-24-39(35)33-41)47(42-32-30-36-19-13-15-25-40(36)34-42)45-28-17-16-26-43(45)37-20-7-5-8-21-37/h2-27,29-34H,1,28H2/b4-3+,27-11-,46-44-,47-45+. The third kappa shape index (κ3) is 6.41. The van der Waals surface area contributed by atoms with Crippen LogP contribution in [0.1, 0.15) is 28.7 Å². The number of hydrogen-bond acceptors (Lipinski definition) is 0. The molecule has 0 atom stereocenters. The van der Waals surface area contributed by atoms with E-state index in [-0.39, 0.29) is 0 Å². The molecule has 0 amide bonds. The van der Waals surface area contributed by atoms with E-state index in [0.717, 1.165) is 17.6 Å². The first kappa shape index (κ1) is 29.7. The predicted octanol–water partition coefficient (Wildman–Crippen LogP) is 12.7. The Morgan fingerprint density at radius 2 is 1.13 bits per heavy atom. The van der Waals surface area contributed by atoms with E-state index in [1.54, 1.807) is 0 Å². The molecule has 47 heavy (non-hydrogen) atoms. The highest BCUT2D eigenvalue weighted by Gasteiger charge is 2.24. The molecule has 0 fully saturated rings. The van der Waals surface area contributed by atoms with E-state index in [1.807, 2.05) is 12.2 Å². The summed E-state index contributed by atoms with van der Waals surface area (Å²) in [7, 11) is 0. The van der Waals surface area contributed by atoms with Crippen molar-refractivity contribution in [3.05, 3.63) is 229 Å². The molecule has 7 rings (SSSR count). The maximum atomic E-state index is 3.89. The summed E-state index contributed by atoms with van der Waals surface area (Å²) < 4.78 is 0. The van der Waals surface area contributed by atoms with Crippen LogP contribution in [0.5, 0.6) is 0 Å². The number of benzene rings is 6. The van der Waals surface area contributed by atoms with Crippen LogP contribution in [0.2, 0.25) is 0 Å². The maximum Gasteiger partial charge on any atom is -0.00235 e. The number of allylic oxidation sites excluding steroid dienone is 13. The van der Waals surface area contributed by atoms with Gasteiger partial charge in [0, 0.05) is 0 Å². The van der Waals surface area contributed by atoms with Gasteiger partial charge in [-0.3, -0.25) is 0 Å². The van der Waals surface area contributed by atoms with E-state index in [1.165, 1.54) is 60.5 Å². The van der Waals surface area contributed by atoms with Crippen LogP contribution in [0.15, 0.2) is 206 Å². The van der Waals surface area contributed by atoms with Crippen molar-refractivity contribution in [1.82, 2.24) is 0 Å². The van der Waals surface area contributed by atoms with Gasteiger partial charge in [0.2, 0.25) is 0 Å². The Bertz CT molecular complexity index is 2250. The van der Waals surface area contributed by atoms with Crippen molar-refractivity contribution >= 4 is 43.8 Å². The number of fused-ring (bicyclic) bond motifs is 2. The van der Waals surface area contributed by atoms with Gasteiger partial charge in [-0.05, 0) is 90.2 Å². The van der Waals surface area contributed by atoms with Crippen LogP contribution in [-0.2, 0) is 0 Å². The van der Waals surface area contributed by atoms with Gasteiger partial charge in [0.1, 0.15) is 0 Å². The molecule has 0 bridgehead atoms. The Morgan fingerprint density at radius 1 is 0.532 bits per heavy atom.